The molecular formula is C21H27N3O2. The zero-order valence-electron chi connectivity index (χ0n) is 15.4. The Hall–Kier alpha value is -2.14. The van der Waals surface area contributed by atoms with Crippen molar-refractivity contribution in [3.8, 4) is 0 Å². The van der Waals surface area contributed by atoms with Crippen molar-refractivity contribution in [3.05, 3.63) is 41.5 Å². The Bertz CT molecular complexity index is 735. The first-order valence-electron chi connectivity index (χ1n) is 9.71. The van der Waals surface area contributed by atoms with E-state index in [0.717, 1.165) is 39.0 Å². The Labute approximate surface area is 155 Å². The summed E-state index contributed by atoms with van der Waals surface area (Å²) in [6.07, 6.45) is 6.76. The van der Waals surface area contributed by atoms with Crippen LogP contribution in [0.15, 0.2) is 30.3 Å². The first-order valence-corrected chi connectivity index (χ1v) is 9.71. The van der Waals surface area contributed by atoms with E-state index in [4.69, 9.17) is 0 Å². The molecule has 2 heterocycles. The first kappa shape index (κ1) is 17.3. The highest BCUT2D eigenvalue weighted by atomic mass is 16.2. The Kier molecular flexibility index (Phi) is 4.57. The van der Waals surface area contributed by atoms with Crippen LogP contribution in [0.25, 0.3) is 6.08 Å². The predicted octanol–water partition coefficient (Wildman–Crippen LogP) is 1.78. The van der Waals surface area contributed by atoms with Gasteiger partial charge < -0.3 is 10.2 Å². The fraction of sp³-hybridized carbons (Fsp3) is 0.524. The van der Waals surface area contributed by atoms with Crippen molar-refractivity contribution in [2.24, 2.45) is 0 Å². The maximum Gasteiger partial charge on any atom is 0.237 e. The fourth-order valence-electron chi connectivity index (χ4n) is 4.68. The summed E-state index contributed by atoms with van der Waals surface area (Å²) >= 11 is 0. The molecule has 2 aliphatic heterocycles. The number of piperazine rings is 1. The fourth-order valence-corrected chi connectivity index (χ4v) is 4.68. The minimum absolute atomic E-state index is 0.00687. The smallest absolute Gasteiger partial charge is 0.237 e. The van der Waals surface area contributed by atoms with Crippen LogP contribution in [0, 0.1) is 0 Å². The lowest BCUT2D eigenvalue weighted by Gasteiger charge is -2.40. The molecular weight excluding hydrogens is 326 g/mol. The standard InChI is InChI=1S/C21H27N3O2/c1-2-23-14-11-22-20(26)18(23)15-19(25)24-12-9-21(10-13-24)8-7-16-5-3-4-6-17(16)21/h3-8,18H,2,9-15H2,1H3,(H,22,26). The molecule has 0 bridgehead atoms. The monoisotopic (exact) mass is 353 g/mol. The third-order valence-electron chi connectivity index (χ3n) is 6.30. The average molecular weight is 353 g/mol. The van der Waals surface area contributed by atoms with Gasteiger partial charge in [-0.05, 0) is 30.5 Å². The van der Waals surface area contributed by atoms with Crippen LogP contribution in [-0.4, -0.2) is 60.4 Å². The van der Waals surface area contributed by atoms with Gasteiger partial charge in [-0.15, -0.1) is 0 Å². The van der Waals surface area contributed by atoms with Gasteiger partial charge in [0, 0.05) is 31.6 Å². The van der Waals surface area contributed by atoms with E-state index in [0.29, 0.717) is 13.0 Å². The summed E-state index contributed by atoms with van der Waals surface area (Å²) in [6.45, 7) is 5.87. The second-order valence-corrected chi connectivity index (χ2v) is 7.60. The minimum Gasteiger partial charge on any atom is -0.353 e. The Morgan fingerprint density at radius 3 is 2.77 bits per heavy atom. The lowest BCUT2D eigenvalue weighted by molar-refractivity contribution is -0.139. The number of nitrogens with zero attached hydrogens (tertiary/aromatic N) is 2. The molecule has 2 fully saturated rings. The molecule has 138 valence electrons. The Balaban J connectivity index is 1.40. The number of rotatable bonds is 3. The maximum atomic E-state index is 12.8. The molecule has 0 aromatic heterocycles. The summed E-state index contributed by atoms with van der Waals surface area (Å²) in [5, 5.41) is 2.89. The lowest BCUT2D eigenvalue weighted by Crippen LogP contribution is -2.57. The van der Waals surface area contributed by atoms with Crippen molar-refractivity contribution in [3.63, 3.8) is 0 Å². The third-order valence-corrected chi connectivity index (χ3v) is 6.30. The predicted molar refractivity (Wildman–Crippen MR) is 102 cm³/mol. The van der Waals surface area contributed by atoms with E-state index in [9.17, 15) is 9.59 Å². The number of amides is 2. The van der Waals surface area contributed by atoms with Crippen molar-refractivity contribution >= 4 is 17.9 Å². The van der Waals surface area contributed by atoms with Crippen LogP contribution < -0.4 is 5.32 Å². The number of fused-ring (bicyclic) bond motifs is 2. The highest BCUT2D eigenvalue weighted by molar-refractivity contribution is 5.89. The Morgan fingerprint density at radius 2 is 2.00 bits per heavy atom. The van der Waals surface area contributed by atoms with Gasteiger partial charge in [0.2, 0.25) is 11.8 Å². The first-order chi connectivity index (χ1) is 12.6. The molecule has 26 heavy (non-hydrogen) atoms. The van der Waals surface area contributed by atoms with Crippen LogP contribution in [-0.2, 0) is 15.0 Å². The van der Waals surface area contributed by atoms with Crippen LogP contribution >= 0.6 is 0 Å². The number of allylic oxidation sites excluding steroid dienone is 1. The number of nitrogens with one attached hydrogen (secondary N) is 1. The largest absolute Gasteiger partial charge is 0.353 e. The minimum atomic E-state index is -0.316. The molecule has 4 rings (SSSR count). The normalized spacial score (nSPS) is 24.6. The summed E-state index contributed by atoms with van der Waals surface area (Å²) in [4.78, 5) is 29.1. The molecule has 5 heteroatoms. The lowest BCUT2D eigenvalue weighted by atomic mass is 9.74. The van der Waals surface area contributed by atoms with Crippen LogP contribution in [0.2, 0.25) is 0 Å². The number of carbonyl (C=O) groups excluding carboxylic acids is 2. The molecule has 5 nitrogen and oxygen atoms in total. The van der Waals surface area contributed by atoms with E-state index in [-0.39, 0.29) is 23.3 Å². The van der Waals surface area contributed by atoms with Crippen molar-refractivity contribution in [1.82, 2.24) is 15.1 Å². The molecule has 3 aliphatic rings. The molecule has 0 saturated carbocycles. The molecule has 1 unspecified atom stereocenters. The summed E-state index contributed by atoms with van der Waals surface area (Å²) in [6, 6.07) is 8.25. The molecule has 2 amide bonds. The highest BCUT2D eigenvalue weighted by Crippen LogP contribution is 2.43. The SMILES string of the molecule is CCN1CCNC(=O)C1CC(=O)N1CCC2(C=Cc3ccccc32)CC1. The maximum absolute atomic E-state index is 12.8. The second kappa shape index (κ2) is 6.88. The number of carbonyl (C=O) groups is 2. The van der Waals surface area contributed by atoms with E-state index in [1.54, 1.807) is 0 Å². The van der Waals surface area contributed by atoms with Gasteiger partial charge >= 0.3 is 0 Å². The van der Waals surface area contributed by atoms with Gasteiger partial charge in [-0.1, -0.05) is 43.3 Å². The number of hydrogen-bond donors (Lipinski definition) is 1. The van der Waals surface area contributed by atoms with Gasteiger partial charge in [-0.3, -0.25) is 14.5 Å². The van der Waals surface area contributed by atoms with Gasteiger partial charge in [0.25, 0.3) is 0 Å². The molecule has 1 atom stereocenters. The van der Waals surface area contributed by atoms with Crippen molar-refractivity contribution in [2.45, 2.75) is 37.6 Å². The van der Waals surface area contributed by atoms with Gasteiger partial charge in [0.1, 0.15) is 0 Å². The molecule has 0 radical (unpaired) electrons. The number of hydrogen-bond acceptors (Lipinski definition) is 3. The second-order valence-electron chi connectivity index (χ2n) is 7.60. The summed E-state index contributed by atoms with van der Waals surface area (Å²) in [7, 11) is 0. The van der Waals surface area contributed by atoms with Gasteiger partial charge in [0.05, 0.1) is 12.5 Å². The molecule has 2 saturated heterocycles. The topological polar surface area (TPSA) is 52.7 Å². The summed E-state index contributed by atoms with van der Waals surface area (Å²) in [5.41, 5.74) is 2.80. The van der Waals surface area contributed by atoms with Crippen LogP contribution in [0.4, 0.5) is 0 Å². The molecule has 1 N–H and O–H groups in total. The average Bonchev–Trinajstić information content (AvgIpc) is 3.02. The third kappa shape index (κ3) is 2.94. The van der Waals surface area contributed by atoms with E-state index in [2.05, 4.69) is 46.6 Å². The highest BCUT2D eigenvalue weighted by Gasteiger charge is 2.40. The summed E-state index contributed by atoms with van der Waals surface area (Å²) in [5.74, 6) is 0.100. The van der Waals surface area contributed by atoms with Gasteiger partial charge in [-0.25, -0.2) is 0 Å². The number of piperidine rings is 1. The summed E-state index contributed by atoms with van der Waals surface area (Å²) < 4.78 is 0. The van der Waals surface area contributed by atoms with Crippen molar-refractivity contribution in [2.75, 3.05) is 32.7 Å². The van der Waals surface area contributed by atoms with Crippen LogP contribution in [0.3, 0.4) is 0 Å². The number of likely N-dealkylation sites (tertiary alicyclic amines) is 1. The molecule has 1 aromatic rings. The number of likely N-dealkylation sites (N-methyl/N-ethyl adjacent to an activating group) is 1. The van der Waals surface area contributed by atoms with E-state index < -0.39 is 0 Å². The zero-order chi connectivity index (χ0) is 18.1. The van der Waals surface area contributed by atoms with Crippen LogP contribution in [0.1, 0.15) is 37.3 Å². The van der Waals surface area contributed by atoms with E-state index in [1.165, 1.54) is 11.1 Å². The van der Waals surface area contributed by atoms with Gasteiger partial charge in [0.15, 0.2) is 0 Å². The zero-order valence-corrected chi connectivity index (χ0v) is 15.4. The molecule has 1 aromatic carbocycles. The van der Waals surface area contributed by atoms with E-state index >= 15 is 0 Å². The van der Waals surface area contributed by atoms with Crippen LogP contribution in [0.5, 0.6) is 0 Å². The molecule has 1 spiro atoms. The van der Waals surface area contributed by atoms with Gasteiger partial charge in [-0.2, -0.15) is 0 Å². The Morgan fingerprint density at radius 1 is 1.23 bits per heavy atom. The van der Waals surface area contributed by atoms with E-state index in [1.807, 2.05) is 11.8 Å². The molecule has 1 aliphatic carbocycles. The quantitative estimate of drug-likeness (QED) is 0.901. The van der Waals surface area contributed by atoms with Crippen molar-refractivity contribution < 1.29 is 9.59 Å². The van der Waals surface area contributed by atoms with Crippen molar-refractivity contribution in [1.29, 1.82) is 0 Å². The number of benzene rings is 1.